The van der Waals surface area contributed by atoms with Crippen LogP contribution in [0.1, 0.15) is 25.0 Å². The van der Waals surface area contributed by atoms with Crippen molar-refractivity contribution >= 4 is 161 Å². The van der Waals surface area contributed by atoms with Gasteiger partial charge in [-0.1, -0.05) is 133 Å². The molecule has 260 valence electrons. The molecular formula is C51H26B8O. The highest BCUT2D eigenvalue weighted by Crippen LogP contribution is 2.52. The molecule has 1 aliphatic carbocycles. The van der Waals surface area contributed by atoms with E-state index in [9.17, 15) is 0 Å². The molecule has 11 rings (SSSR count). The van der Waals surface area contributed by atoms with Gasteiger partial charge in [0, 0.05) is 16.2 Å². The Labute approximate surface area is 359 Å². The van der Waals surface area contributed by atoms with E-state index in [0.717, 1.165) is 49.4 Å². The number of hydrogen-bond acceptors (Lipinski definition) is 1. The molecular weight excluding hydrogens is 715 g/mol. The molecule has 0 atom stereocenters. The second-order valence-electron chi connectivity index (χ2n) is 16.5. The summed E-state index contributed by atoms with van der Waals surface area (Å²) in [4.78, 5) is 0. The normalized spacial score (nSPS) is 13.2. The smallest absolute Gasteiger partial charge is 0.136 e. The molecule has 0 aliphatic heterocycles. The fourth-order valence-corrected chi connectivity index (χ4v) is 10.2. The maximum Gasteiger partial charge on any atom is 0.136 e. The second-order valence-corrected chi connectivity index (χ2v) is 16.5. The van der Waals surface area contributed by atoms with Crippen molar-refractivity contribution in [2.24, 2.45) is 0 Å². The third kappa shape index (κ3) is 4.93. The van der Waals surface area contributed by atoms with Crippen LogP contribution in [-0.4, -0.2) is 62.8 Å². The molecule has 1 heterocycles. The summed E-state index contributed by atoms with van der Waals surface area (Å²) in [7, 11) is 55.7. The molecule has 0 saturated heterocycles. The molecule has 1 aliphatic rings. The van der Waals surface area contributed by atoms with Crippen LogP contribution in [0.25, 0.3) is 98.8 Å². The summed E-state index contributed by atoms with van der Waals surface area (Å²) in [6.45, 7) is 4.56. The summed E-state index contributed by atoms with van der Waals surface area (Å²) >= 11 is 0. The van der Waals surface area contributed by atoms with Gasteiger partial charge in [0.15, 0.2) is 0 Å². The maximum absolute atomic E-state index is 7.17. The van der Waals surface area contributed by atoms with Gasteiger partial charge in [-0.15, -0.1) is 21.9 Å². The van der Waals surface area contributed by atoms with Gasteiger partial charge in [0.05, 0.1) is 0 Å². The van der Waals surface area contributed by atoms with Crippen LogP contribution >= 0.6 is 0 Å². The lowest BCUT2D eigenvalue weighted by molar-refractivity contribution is 0.662. The lowest BCUT2D eigenvalue weighted by Crippen LogP contribution is -2.50. The highest BCUT2D eigenvalue weighted by Gasteiger charge is 2.37. The molecule has 0 fully saturated rings. The summed E-state index contributed by atoms with van der Waals surface area (Å²) in [6, 6.07) is 41.7. The summed E-state index contributed by atoms with van der Waals surface area (Å²) in [5.41, 5.74) is 12.7. The van der Waals surface area contributed by atoms with Gasteiger partial charge in [-0.3, -0.25) is 0 Å². The van der Waals surface area contributed by atoms with E-state index >= 15 is 0 Å². The summed E-state index contributed by atoms with van der Waals surface area (Å²) in [5, 5.41) is 6.12. The summed E-state index contributed by atoms with van der Waals surface area (Å²) in [5.74, 6) is 0. The van der Waals surface area contributed by atoms with Gasteiger partial charge in [0.2, 0.25) is 0 Å². The molecule has 9 aromatic carbocycles. The molecule has 0 saturated carbocycles. The number of hydrogen-bond donors (Lipinski definition) is 0. The van der Waals surface area contributed by atoms with E-state index in [1.165, 1.54) is 22.3 Å². The van der Waals surface area contributed by atoms with Gasteiger partial charge in [-0.05, 0) is 112 Å². The van der Waals surface area contributed by atoms with Crippen molar-refractivity contribution in [3.8, 4) is 44.5 Å². The molecule has 0 spiro atoms. The average Bonchev–Trinajstić information content (AvgIpc) is 3.75. The van der Waals surface area contributed by atoms with Crippen molar-refractivity contribution in [2.75, 3.05) is 0 Å². The lowest BCUT2D eigenvalue weighted by atomic mass is 9.59. The molecule has 1 aromatic heterocycles. The van der Waals surface area contributed by atoms with Gasteiger partial charge >= 0.3 is 0 Å². The highest BCUT2D eigenvalue weighted by atomic mass is 16.3. The van der Waals surface area contributed by atoms with Crippen LogP contribution in [0.3, 0.4) is 0 Å². The SMILES string of the molecule is [B]c1c([B])c([B])c2c(-c3cccc4oc5cc6ccccc6cc5c34)c3c([B])c([B])c([B])c([B])c3c(-c3cccc(-c4cccc5c4C(C)(C)c4ccccc4-5)c3)c2c1[B]. The number of fused-ring (bicyclic) bond motifs is 9. The Balaban J connectivity index is 1.30. The zero-order valence-corrected chi connectivity index (χ0v) is 33.1. The van der Waals surface area contributed by atoms with E-state index in [1.807, 2.05) is 42.5 Å². The van der Waals surface area contributed by atoms with Gasteiger partial charge in [-0.25, -0.2) is 0 Å². The first-order valence-electron chi connectivity index (χ1n) is 19.8. The Bertz CT molecular complexity index is 3480. The quantitative estimate of drug-likeness (QED) is 0.189. The van der Waals surface area contributed by atoms with Crippen LogP contribution in [0.5, 0.6) is 0 Å². The predicted molar refractivity (Wildman–Crippen MR) is 263 cm³/mol. The van der Waals surface area contributed by atoms with Crippen LogP contribution in [0.4, 0.5) is 0 Å². The van der Waals surface area contributed by atoms with Crippen molar-refractivity contribution < 1.29 is 4.42 Å². The Kier molecular flexibility index (Phi) is 8.06. The minimum atomic E-state index is -0.250. The molecule has 0 amide bonds. The van der Waals surface area contributed by atoms with Crippen molar-refractivity contribution in [3.05, 3.63) is 132 Å². The summed E-state index contributed by atoms with van der Waals surface area (Å²) < 4.78 is 6.55. The topological polar surface area (TPSA) is 13.1 Å². The van der Waals surface area contributed by atoms with Crippen LogP contribution in [0.2, 0.25) is 0 Å². The van der Waals surface area contributed by atoms with Crippen LogP contribution < -0.4 is 43.7 Å². The fourth-order valence-electron chi connectivity index (χ4n) is 10.2. The fraction of sp³-hybridized carbons (Fsp3) is 0.0588. The average molecular weight is 741 g/mol. The third-order valence-electron chi connectivity index (χ3n) is 13.0. The largest absolute Gasteiger partial charge is 0.456 e. The minimum absolute atomic E-state index is 0.159. The molecule has 9 heteroatoms. The third-order valence-corrected chi connectivity index (χ3v) is 13.0. The van der Waals surface area contributed by atoms with E-state index in [1.54, 1.807) is 0 Å². The Hall–Kier alpha value is -5.92. The van der Waals surface area contributed by atoms with E-state index in [-0.39, 0.29) is 49.1 Å². The zero-order chi connectivity index (χ0) is 41.5. The summed E-state index contributed by atoms with van der Waals surface area (Å²) in [6.07, 6.45) is 0. The van der Waals surface area contributed by atoms with E-state index in [0.29, 0.717) is 38.3 Å². The molecule has 0 unspecified atom stereocenters. The van der Waals surface area contributed by atoms with Gasteiger partial charge < -0.3 is 4.42 Å². The van der Waals surface area contributed by atoms with Crippen molar-refractivity contribution in [1.29, 1.82) is 0 Å². The highest BCUT2D eigenvalue weighted by molar-refractivity contribution is 6.71. The van der Waals surface area contributed by atoms with E-state index in [2.05, 4.69) is 92.7 Å². The molecule has 0 bridgehead atoms. The van der Waals surface area contributed by atoms with Gasteiger partial charge in [0.1, 0.15) is 73.9 Å². The first kappa shape index (κ1) is 37.1. The zero-order valence-electron chi connectivity index (χ0n) is 33.1. The first-order valence-corrected chi connectivity index (χ1v) is 19.8. The number of furan rings is 1. The van der Waals surface area contributed by atoms with Gasteiger partial charge in [-0.2, -0.15) is 0 Å². The van der Waals surface area contributed by atoms with Crippen molar-refractivity contribution in [3.63, 3.8) is 0 Å². The van der Waals surface area contributed by atoms with Crippen LogP contribution in [0, 0.1) is 0 Å². The first-order chi connectivity index (χ1) is 28.9. The number of rotatable bonds is 3. The minimum Gasteiger partial charge on any atom is -0.456 e. The monoisotopic (exact) mass is 742 g/mol. The Morgan fingerprint density at radius 2 is 0.883 bits per heavy atom. The Morgan fingerprint density at radius 1 is 0.383 bits per heavy atom. The molecule has 60 heavy (non-hydrogen) atoms. The molecule has 0 N–H and O–H groups in total. The van der Waals surface area contributed by atoms with Crippen LogP contribution in [-0.2, 0) is 5.41 Å². The molecule has 10 aromatic rings. The molecule has 1 nitrogen and oxygen atoms in total. The Morgan fingerprint density at radius 3 is 1.55 bits per heavy atom. The number of benzene rings is 9. The van der Waals surface area contributed by atoms with E-state index < -0.39 is 0 Å². The van der Waals surface area contributed by atoms with Crippen LogP contribution in [0.15, 0.2) is 126 Å². The standard InChI is InChI=1S/C51H26B8O/c1-51(2)32-18-6-5-14-28(32)29-16-8-15-27(42(29)51)25-12-7-13-26(20-25)35-38-40(45(54)49(58)47(56)43(38)52)37(41-39(35)44(53)48(57)50(59)46(41)55)30-17-9-19-33-36(30)31-21-23-10-3-4-11-24(23)22-34(31)60-33/h3-22H,1-2H3. The lowest BCUT2D eigenvalue weighted by Gasteiger charge is -2.29. The predicted octanol–water partition coefficient (Wildman–Crippen LogP) is 4.70. The molecule has 16 radical (unpaired) electrons. The maximum atomic E-state index is 7.17. The van der Waals surface area contributed by atoms with E-state index in [4.69, 9.17) is 67.2 Å². The van der Waals surface area contributed by atoms with Crippen molar-refractivity contribution in [1.82, 2.24) is 0 Å². The van der Waals surface area contributed by atoms with Gasteiger partial charge in [0.25, 0.3) is 0 Å². The van der Waals surface area contributed by atoms with Crippen molar-refractivity contribution in [2.45, 2.75) is 19.3 Å². The second kappa shape index (κ2) is 13.0.